The van der Waals surface area contributed by atoms with Crippen LogP contribution in [0.25, 0.3) is 0 Å². The van der Waals surface area contributed by atoms with Gasteiger partial charge in [0.25, 0.3) is 0 Å². The molecule has 1 unspecified atom stereocenters. The maximum atomic E-state index is 5.78. The first kappa shape index (κ1) is 12.4. The van der Waals surface area contributed by atoms with Crippen molar-refractivity contribution in [1.82, 2.24) is 4.90 Å². The van der Waals surface area contributed by atoms with Gasteiger partial charge in [-0.25, -0.2) is 0 Å². The van der Waals surface area contributed by atoms with Crippen LogP contribution in [0.1, 0.15) is 12.0 Å². The molecular weight excluding hydrogens is 210 g/mol. The van der Waals surface area contributed by atoms with Crippen LogP contribution in [0.3, 0.4) is 0 Å². The molecule has 0 aliphatic carbocycles. The first-order valence-electron chi connectivity index (χ1n) is 6.38. The molecule has 1 aliphatic heterocycles. The second-order valence-corrected chi connectivity index (χ2v) is 5.13. The zero-order chi connectivity index (χ0) is 12.3. The fourth-order valence-electron chi connectivity index (χ4n) is 2.72. The Hall–Kier alpha value is -1.06. The van der Waals surface area contributed by atoms with Crippen LogP contribution in [0, 0.1) is 5.92 Å². The standard InChI is InChI=1S/C14H23N3/c1-16-8-7-12(10-16)11-17(2)14-6-4-3-5-13(14)9-15/h3-6,12H,7-11,15H2,1-2H3. The van der Waals surface area contributed by atoms with E-state index in [9.17, 15) is 0 Å². The van der Waals surface area contributed by atoms with E-state index in [1.54, 1.807) is 0 Å². The first-order valence-corrected chi connectivity index (χ1v) is 6.38. The summed E-state index contributed by atoms with van der Waals surface area (Å²) in [6, 6.07) is 8.43. The number of para-hydroxylation sites is 1. The van der Waals surface area contributed by atoms with Crippen molar-refractivity contribution < 1.29 is 0 Å². The van der Waals surface area contributed by atoms with Gasteiger partial charge >= 0.3 is 0 Å². The Kier molecular flexibility index (Phi) is 4.02. The van der Waals surface area contributed by atoms with Crippen molar-refractivity contribution in [2.45, 2.75) is 13.0 Å². The lowest BCUT2D eigenvalue weighted by Crippen LogP contribution is -2.28. The molecule has 0 saturated carbocycles. The van der Waals surface area contributed by atoms with Gasteiger partial charge in [-0.3, -0.25) is 0 Å². The van der Waals surface area contributed by atoms with E-state index in [0.29, 0.717) is 6.54 Å². The average molecular weight is 233 g/mol. The van der Waals surface area contributed by atoms with Gasteiger partial charge in [-0.15, -0.1) is 0 Å². The number of nitrogens with two attached hydrogens (primary N) is 1. The minimum absolute atomic E-state index is 0.616. The van der Waals surface area contributed by atoms with E-state index >= 15 is 0 Å². The SMILES string of the molecule is CN1CCC(CN(C)c2ccccc2CN)C1. The third-order valence-corrected chi connectivity index (χ3v) is 3.64. The molecular formula is C14H23N3. The number of rotatable bonds is 4. The fraction of sp³-hybridized carbons (Fsp3) is 0.571. The molecule has 1 aromatic rings. The Morgan fingerprint density at radius 1 is 1.41 bits per heavy atom. The lowest BCUT2D eigenvalue weighted by Gasteiger charge is -2.25. The lowest BCUT2D eigenvalue weighted by atomic mass is 10.1. The second-order valence-electron chi connectivity index (χ2n) is 5.13. The smallest absolute Gasteiger partial charge is 0.0409 e. The summed E-state index contributed by atoms with van der Waals surface area (Å²) in [5.41, 5.74) is 8.30. The van der Waals surface area contributed by atoms with E-state index in [1.165, 1.54) is 30.8 Å². The molecule has 0 aromatic heterocycles. The summed E-state index contributed by atoms with van der Waals surface area (Å²) in [5.74, 6) is 0.788. The molecule has 0 radical (unpaired) electrons. The summed E-state index contributed by atoms with van der Waals surface area (Å²) < 4.78 is 0. The van der Waals surface area contributed by atoms with Crippen molar-refractivity contribution in [3.05, 3.63) is 29.8 Å². The molecule has 94 valence electrons. The molecule has 1 saturated heterocycles. The molecule has 2 N–H and O–H groups in total. The van der Waals surface area contributed by atoms with Crippen molar-refractivity contribution in [3.63, 3.8) is 0 Å². The number of benzene rings is 1. The molecule has 17 heavy (non-hydrogen) atoms. The average Bonchev–Trinajstić information content (AvgIpc) is 2.74. The number of hydrogen-bond donors (Lipinski definition) is 1. The van der Waals surface area contributed by atoms with E-state index in [0.717, 1.165) is 12.5 Å². The first-order chi connectivity index (χ1) is 8.20. The van der Waals surface area contributed by atoms with Crippen molar-refractivity contribution in [3.8, 4) is 0 Å². The van der Waals surface area contributed by atoms with Crippen LogP contribution in [0.4, 0.5) is 5.69 Å². The van der Waals surface area contributed by atoms with Crippen LogP contribution in [0.5, 0.6) is 0 Å². The van der Waals surface area contributed by atoms with Crippen molar-refractivity contribution in [2.75, 3.05) is 38.6 Å². The summed E-state index contributed by atoms with van der Waals surface area (Å²) in [6.45, 7) is 4.19. The number of hydrogen-bond acceptors (Lipinski definition) is 3. The Morgan fingerprint density at radius 2 is 2.18 bits per heavy atom. The highest BCUT2D eigenvalue weighted by atomic mass is 15.2. The zero-order valence-corrected chi connectivity index (χ0v) is 10.9. The van der Waals surface area contributed by atoms with Crippen molar-refractivity contribution in [1.29, 1.82) is 0 Å². The normalized spacial score (nSPS) is 20.8. The molecule has 1 heterocycles. The highest BCUT2D eigenvalue weighted by molar-refractivity contribution is 5.53. The van der Waals surface area contributed by atoms with Gasteiger partial charge in [0.15, 0.2) is 0 Å². The molecule has 1 fully saturated rings. The van der Waals surface area contributed by atoms with Crippen LogP contribution in [0.2, 0.25) is 0 Å². The quantitative estimate of drug-likeness (QED) is 0.856. The molecule has 2 rings (SSSR count). The molecule has 0 bridgehead atoms. The molecule has 3 heteroatoms. The predicted molar refractivity (Wildman–Crippen MR) is 73.2 cm³/mol. The van der Waals surface area contributed by atoms with E-state index in [2.05, 4.69) is 48.2 Å². The largest absolute Gasteiger partial charge is 0.374 e. The van der Waals surface area contributed by atoms with Crippen LogP contribution >= 0.6 is 0 Å². The zero-order valence-electron chi connectivity index (χ0n) is 10.9. The Bertz CT molecular complexity index is 364. The van der Waals surface area contributed by atoms with Crippen LogP contribution in [-0.4, -0.2) is 38.6 Å². The second kappa shape index (κ2) is 5.52. The Morgan fingerprint density at radius 3 is 2.82 bits per heavy atom. The van der Waals surface area contributed by atoms with Crippen molar-refractivity contribution >= 4 is 5.69 Å². The summed E-state index contributed by atoms with van der Waals surface area (Å²) in [4.78, 5) is 4.76. The molecule has 0 spiro atoms. The summed E-state index contributed by atoms with van der Waals surface area (Å²) in [5, 5.41) is 0. The maximum absolute atomic E-state index is 5.78. The molecule has 0 amide bonds. The molecule has 1 atom stereocenters. The number of nitrogens with zero attached hydrogens (tertiary/aromatic N) is 2. The monoisotopic (exact) mass is 233 g/mol. The maximum Gasteiger partial charge on any atom is 0.0409 e. The molecule has 1 aromatic carbocycles. The predicted octanol–water partition coefficient (Wildman–Crippen LogP) is 1.53. The van der Waals surface area contributed by atoms with Gasteiger partial charge in [-0.05, 0) is 37.6 Å². The Labute approximate surface area is 104 Å². The highest BCUT2D eigenvalue weighted by Crippen LogP contribution is 2.22. The van der Waals surface area contributed by atoms with Crippen molar-refractivity contribution in [2.24, 2.45) is 11.7 Å². The minimum atomic E-state index is 0.616. The topological polar surface area (TPSA) is 32.5 Å². The molecule has 1 aliphatic rings. The van der Waals surface area contributed by atoms with E-state index in [4.69, 9.17) is 5.73 Å². The highest BCUT2D eigenvalue weighted by Gasteiger charge is 2.21. The van der Waals surface area contributed by atoms with Gasteiger partial charge in [0.1, 0.15) is 0 Å². The van der Waals surface area contributed by atoms with Gasteiger partial charge in [-0.1, -0.05) is 18.2 Å². The summed E-state index contributed by atoms with van der Waals surface area (Å²) >= 11 is 0. The third-order valence-electron chi connectivity index (χ3n) is 3.64. The third kappa shape index (κ3) is 2.99. The van der Waals surface area contributed by atoms with Gasteiger partial charge in [-0.2, -0.15) is 0 Å². The minimum Gasteiger partial charge on any atom is -0.374 e. The van der Waals surface area contributed by atoms with E-state index < -0.39 is 0 Å². The van der Waals surface area contributed by atoms with Gasteiger partial charge in [0.2, 0.25) is 0 Å². The fourth-order valence-corrected chi connectivity index (χ4v) is 2.72. The van der Waals surface area contributed by atoms with Crippen LogP contribution in [-0.2, 0) is 6.54 Å². The van der Waals surface area contributed by atoms with Gasteiger partial charge in [0, 0.05) is 32.4 Å². The van der Waals surface area contributed by atoms with E-state index in [1.807, 2.05) is 0 Å². The number of likely N-dealkylation sites (tertiary alicyclic amines) is 1. The Balaban J connectivity index is 2.01. The summed E-state index contributed by atoms with van der Waals surface area (Å²) in [7, 11) is 4.38. The summed E-state index contributed by atoms with van der Waals surface area (Å²) in [6.07, 6.45) is 1.31. The van der Waals surface area contributed by atoms with Crippen LogP contribution in [0.15, 0.2) is 24.3 Å². The number of anilines is 1. The lowest BCUT2D eigenvalue weighted by molar-refractivity contribution is 0.396. The van der Waals surface area contributed by atoms with E-state index in [-0.39, 0.29) is 0 Å². The van der Waals surface area contributed by atoms with Gasteiger partial charge in [0.05, 0.1) is 0 Å². The molecule has 3 nitrogen and oxygen atoms in total. The van der Waals surface area contributed by atoms with Gasteiger partial charge < -0.3 is 15.5 Å². The van der Waals surface area contributed by atoms with Crippen LogP contribution < -0.4 is 10.6 Å².